The monoisotopic (exact) mass is 287 g/mol. The van der Waals surface area contributed by atoms with Crippen molar-refractivity contribution < 1.29 is 9.84 Å². The summed E-state index contributed by atoms with van der Waals surface area (Å²) >= 11 is 1.73. The minimum absolute atomic E-state index is 0.499. The Morgan fingerprint density at radius 3 is 2.68 bits per heavy atom. The third kappa shape index (κ3) is 5.04. The summed E-state index contributed by atoms with van der Waals surface area (Å²) in [6.07, 6.45) is 1.13. The predicted molar refractivity (Wildman–Crippen MR) is 79.9 cm³/mol. The highest BCUT2D eigenvalue weighted by molar-refractivity contribution is 7.99. The summed E-state index contributed by atoms with van der Waals surface area (Å²) < 4.78 is 7.13. The third-order valence-electron chi connectivity index (χ3n) is 2.73. The van der Waals surface area contributed by atoms with Gasteiger partial charge in [-0.1, -0.05) is 13.8 Å². The molecule has 1 aromatic heterocycles. The number of aliphatic hydroxyl groups excluding tert-OH is 1. The van der Waals surface area contributed by atoms with Gasteiger partial charge in [-0.2, -0.15) is 16.9 Å². The van der Waals surface area contributed by atoms with E-state index in [2.05, 4.69) is 23.8 Å². The first kappa shape index (κ1) is 16.3. The third-order valence-corrected chi connectivity index (χ3v) is 3.90. The van der Waals surface area contributed by atoms with Gasteiger partial charge in [0.1, 0.15) is 11.8 Å². The van der Waals surface area contributed by atoms with E-state index in [0.717, 1.165) is 18.8 Å². The number of hydrogen-bond acceptors (Lipinski definition) is 5. The highest BCUT2D eigenvalue weighted by Gasteiger charge is 2.20. The van der Waals surface area contributed by atoms with Crippen LogP contribution in [0, 0.1) is 0 Å². The first-order chi connectivity index (χ1) is 8.95. The highest BCUT2D eigenvalue weighted by Crippen LogP contribution is 2.28. The minimum atomic E-state index is -0.549. The summed E-state index contributed by atoms with van der Waals surface area (Å²) in [5.41, 5.74) is 0.775. The molecule has 0 aliphatic heterocycles. The summed E-state index contributed by atoms with van der Waals surface area (Å²) in [5.74, 6) is 1.32. The zero-order valence-corrected chi connectivity index (χ0v) is 13.3. The number of hydrogen-bond donors (Lipinski definition) is 1. The lowest BCUT2D eigenvalue weighted by molar-refractivity contribution is 0.185. The van der Waals surface area contributed by atoms with Crippen LogP contribution >= 0.6 is 11.8 Å². The van der Waals surface area contributed by atoms with Gasteiger partial charge in [-0.05, 0) is 19.3 Å². The number of aromatic nitrogens is 2. The van der Waals surface area contributed by atoms with Gasteiger partial charge in [0.25, 0.3) is 0 Å². The maximum Gasteiger partial charge on any atom is 0.162 e. The van der Waals surface area contributed by atoms with Gasteiger partial charge in [0, 0.05) is 12.3 Å². The fourth-order valence-corrected chi connectivity index (χ4v) is 2.43. The second kappa shape index (κ2) is 7.77. The number of nitrogens with zero attached hydrogens (tertiary/aromatic N) is 3. The topological polar surface area (TPSA) is 50.5 Å². The number of methoxy groups -OCH3 is 1. The molecule has 0 fully saturated rings. The zero-order chi connectivity index (χ0) is 14.4. The van der Waals surface area contributed by atoms with Crippen molar-refractivity contribution in [3.8, 4) is 5.75 Å². The fourth-order valence-electron chi connectivity index (χ4n) is 1.71. The van der Waals surface area contributed by atoms with Crippen molar-refractivity contribution >= 4 is 11.8 Å². The van der Waals surface area contributed by atoms with Crippen molar-refractivity contribution in [2.45, 2.75) is 31.7 Å². The maximum atomic E-state index is 10.3. The molecule has 1 unspecified atom stereocenters. The molecule has 0 amide bonds. The van der Waals surface area contributed by atoms with Crippen LogP contribution in [0.25, 0.3) is 0 Å². The van der Waals surface area contributed by atoms with Crippen LogP contribution in [0.2, 0.25) is 0 Å². The summed E-state index contributed by atoms with van der Waals surface area (Å²) in [4.78, 5) is 2.09. The van der Waals surface area contributed by atoms with Gasteiger partial charge in [0.2, 0.25) is 0 Å². The maximum absolute atomic E-state index is 10.3. The van der Waals surface area contributed by atoms with E-state index in [1.54, 1.807) is 25.1 Å². The molecule has 0 aliphatic rings. The number of thioether (sulfide) groups is 1. The molecule has 0 spiro atoms. The summed E-state index contributed by atoms with van der Waals surface area (Å²) in [7, 11) is 5.65. The Morgan fingerprint density at radius 2 is 2.16 bits per heavy atom. The van der Waals surface area contributed by atoms with Crippen LogP contribution in [0.15, 0.2) is 6.20 Å². The molecule has 1 aromatic rings. The average Bonchev–Trinajstić information content (AvgIpc) is 2.76. The fraction of sp³-hybridized carbons (Fsp3) is 0.769. The van der Waals surface area contributed by atoms with Crippen LogP contribution in [0.3, 0.4) is 0 Å². The normalized spacial score (nSPS) is 13.3. The van der Waals surface area contributed by atoms with Gasteiger partial charge < -0.3 is 14.7 Å². The lowest BCUT2D eigenvalue weighted by atomic mass is 10.2. The Morgan fingerprint density at radius 1 is 1.47 bits per heavy atom. The summed E-state index contributed by atoms with van der Waals surface area (Å²) in [6, 6.07) is 0. The van der Waals surface area contributed by atoms with Crippen LogP contribution in [0.5, 0.6) is 5.75 Å². The lowest BCUT2D eigenvalue weighted by Crippen LogP contribution is -2.21. The molecule has 1 heterocycles. The van der Waals surface area contributed by atoms with Crippen LogP contribution in [0.4, 0.5) is 0 Å². The molecule has 0 saturated heterocycles. The van der Waals surface area contributed by atoms with Crippen LogP contribution < -0.4 is 4.74 Å². The Bertz CT molecular complexity index is 380. The second-order valence-electron chi connectivity index (χ2n) is 5.02. The number of aliphatic hydroxyl groups is 1. The molecule has 0 aliphatic carbocycles. The van der Waals surface area contributed by atoms with E-state index in [-0.39, 0.29) is 0 Å². The lowest BCUT2D eigenvalue weighted by Gasteiger charge is -2.17. The first-order valence-corrected chi connectivity index (χ1v) is 7.54. The van der Waals surface area contributed by atoms with Gasteiger partial charge >= 0.3 is 0 Å². The van der Waals surface area contributed by atoms with E-state index in [1.165, 1.54) is 0 Å². The summed E-state index contributed by atoms with van der Waals surface area (Å²) in [6.45, 7) is 5.87. The van der Waals surface area contributed by atoms with Crippen molar-refractivity contribution in [2.24, 2.45) is 0 Å². The van der Waals surface area contributed by atoms with Crippen molar-refractivity contribution in [2.75, 3.05) is 33.5 Å². The zero-order valence-electron chi connectivity index (χ0n) is 12.5. The Balaban J connectivity index is 2.79. The molecule has 0 aromatic carbocycles. The number of rotatable bonds is 8. The molecule has 1 atom stereocenters. The number of ether oxygens (including phenoxy) is 1. The Hall–Kier alpha value is -0.720. The molecular weight excluding hydrogens is 262 g/mol. The molecule has 0 bridgehead atoms. The molecule has 110 valence electrons. The second-order valence-corrected chi connectivity index (χ2v) is 6.63. The Kier molecular flexibility index (Phi) is 6.68. The minimum Gasteiger partial charge on any atom is -0.493 e. The van der Waals surface area contributed by atoms with Crippen LogP contribution in [0.1, 0.15) is 25.6 Å². The standard InChI is InChI=1S/C13H25N3O2S/c1-10(2)19-9-11(17)13-12(18-5)8-14-16(13)7-6-15(3)4/h8,10-11,17H,6-7,9H2,1-5H3. The van der Waals surface area contributed by atoms with Gasteiger partial charge in [-0.15, -0.1) is 0 Å². The SMILES string of the molecule is COc1cnn(CCN(C)C)c1C(O)CSC(C)C. The van der Waals surface area contributed by atoms with E-state index >= 15 is 0 Å². The van der Waals surface area contributed by atoms with Gasteiger partial charge in [0.05, 0.1) is 19.9 Å². The molecule has 1 N–H and O–H groups in total. The average molecular weight is 287 g/mol. The molecule has 6 heteroatoms. The largest absolute Gasteiger partial charge is 0.493 e. The first-order valence-electron chi connectivity index (χ1n) is 6.49. The van der Waals surface area contributed by atoms with Crippen molar-refractivity contribution in [1.82, 2.24) is 14.7 Å². The molecule has 19 heavy (non-hydrogen) atoms. The molecule has 1 rings (SSSR count). The van der Waals surface area contributed by atoms with Gasteiger partial charge in [-0.3, -0.25) is 4.68 Å². The van der Waals surface area contributed by atoms with Crippen LogP contribution in [-0.4, -0.2) is 58.5 Å². The van der Waals surface area contributed by atoms with E-state index in [0.29, 0.717) is 16.8 Å². The van der Waals surface area contributed by atoms with E-state index < -0.39 is 6.10 Å². The smallest absolute Gasteiger partial charge is 0.162 e. The molecule has 0 radical (unpaired) electrons. The van der Waals surface area contributed by atoms with Gasteiger partial charge in [0.15, 0.2) is 5.75 Å². The Labute approximate surface area is 119 Å². The van der Waals surface area contributed by atoms with Gasteiger partial charge in [-0.25, -0.2) is 0 Å². The predicted octanol–water partition coefficient (Wildman–Crippen LogP) is 1.63. The quantitative estimate of drug-likeness (QED) is 0.787. The summed E-state index contributed by atoms with van der Waals surface area (Å²) in [5, 5.41) is 15.1. The van der Waals surface area contributed by atoms with Crippen molar-refractivity contribution in [3.05, 3.63) is 11.9 Å². The van der Waals surface area contributed by atoms with E-state index in [1.807, 2.05) is 18.8 Å². The molecule has 0 saturated carbocycles. The van der Waals surface area contributed by atoms with Crippen LogP contribution in [-0.2, 0) is 6.54 Å². The van der Waals surface area contributed by atoms with Crippen molar-refractivity contribution in [1.29, 1.82) is 0 Å². The molecule has 5 nitrogen and oxygen atoms in total. The van der Waals surface area contributed by atoms with Crippen molar-refractivity contribution in [3.63, 3.8) is 0 Å². The van der Waals surface area contributed by atoms with E-state index in [9.17, 15) is 5.11 Å². The molecular formula is C13H25N3O2S. The number of likely N-dealkylation sites (N-methyl/N-ethyl adjacent to an activating group) is 1. The van der Waals surface area contributed by atoms with E-state index in [4.69, 9.17) is 4.74 Å². The highest BCUT2D eigenvalue weighted by atomic mass is 32.2.